The zero-order valence-corrected chi connectivity index (χ0v) is 9.55. The summed E-state index contributed by atoms with van der Waals surface area (Å²) in [6.07, 6.45) is 5.08. The smallest absolute Gasteiger partial charge is 0.0931 e. The molecule has 1 saturated carbocycles. The van der Waals surface area contributed by atoms with Crippen molar-refractivity contribution in [1.82, 2.24) is 4.37 Å². The quantitative estimate of drug-likeness (QED) is 0.815. The number of rotatable bonds is 2. The third-order valence-corrected chi connectivity index (χ3v) is 4.29. The summed E-state index contributed by atoms with van der Waals surface area (Å²) in [4.78, 5) is 1.02. The molecule has 1 aliphatic rings. The Bertz CT molecular complexity index is 294. The van der Waals surface area contributed by atoms with Crippen LogP contribution in [0, 0.1) is 11.3 Å². The van der Waals surface area contributed by atoms with Crippen LogP contribution in [-0.4, -0.2) is 9.48 Å². The summed E-state index contributed by atoms with van der Waals surface area (Å²) in [5.41, 5.74) is 0.281. The Labute approximate surface area is 89.1 Å². The van der Waals surface area contributed by atoms with Crippen molar-refractivity contribution in [3.8, 4) is 0 Å². The van der Waals surface area contributed by atoms with Gasteiger partial charge < -0.3 is 5.11 Å². The number of hydrogen-bond acceptors (Lipinski definition) is 3. The molecule has 2 nitrogen and oxygen atoms in total. The molecule has 0 spiro atoms. The van der Waals surface area contributed by atoms with Crippen molar-refractivity contribution < 1.29 is 5.11 Å². The number of aliphatic hydroxyl groups excluding tert-OH is 1. The van der Waals surface area contributed by atoms with E-state index in [4.69, 9.17) is 0 Å². The SMILES string of the molecule is CC1(C)CCCC1C(O)c1ccns1. The van der Waals surface area contributed by atoms with Gasteiger partial charge in [0.2, 0.25) is 0 Å². The minimum absolute atomic E-state index is 0.281. The third kappa shape index (κ3) is 1.71. The Balaban J connectivity index is 2.16. The molecule has 2 unspecified atom stereocenters. The molecule has 0 aliphatic heterocycles. The lowest BCUT2D eigenvalue weighted by molar-refractivity contribution is 0.0558. The van der Waals surface area contributed by atoms with Crippen LogP contribution in [-0.2, 0) is 0 Å². The predicted molar refractivity (Wildman–Crippen MR) is 58.2 cm³/mol. The van der Waals surface area contributed by atoms with Crippen LogP contribution in [0.15, 0.2) is 12.3 Å². The van der Waals surface area contributed by atoms with Gasteiger partial charge in [-0.3, -0.25) is 0 Å². The van der Waals surface area contributed by atoms with Gasteiger partial charge >= 0.3 is 0 Å². The zero-order valence-electron chi connectivity index (χ0n) is 8.73. The Morgan fingerprint density at radius 1 is 1.64 bits per heavy atom. The first-order chi connectivity index (χ1) is 6.61. The summed E-state index contributed by atoms with van der Waals surface area (Å²) in [6, 6.07) is 1.93. The van der Waals surface area contributed by atoms with Gasteiger partial charge in [0, 0.05) is 6.20 Å². The van der Waals surface area contributed by atoms with E-state index in [0.29, 0.717) is 5.92 Å². The van der Waals surface area contributed by atoms with Crippen molar-refractivity contribution in [2.45, 2.75) is 39.2 Å². The van der Waals surface area contributed by atoms with Crippen molar-refractivity contribution >= 4 is 11.5 Å². The van der Waals surface area contributed by atoms with Gasteiger partial charge in [-0.1, -0.05) is 20.3 Å². The highest BCUT2D eigenvalue weighted by Crippen LogP contribution is 2.48. The molecule has 78 valence electrons. The summed E-state index contributed by atoms with van der Waals surface area (Å²) < 4.78 is 4.04. The molecular weight excluding hydrogens is 194 g/mol. The molecule has 1 aromatic rings. The second-order valence-corrected chi connectivity index (χ2v) is 5.71. The average molecular weight is 211 g/mol. The minimum atomic E-state index is -0.306. The molecule has 14 heavy (non-hydrogen) atoms. The van der Waals surface area contributed by atoms with Crippen molar-refractivity contribution in [1.29, 1.82) is 0 Å². The largest absolute Gasteiger partial charge is 0.387 e. The maximum Gasteiger partial charge on any atom is 0.0931 e. The van der Waals surface area contributed by atoms with Crippen LogP contribution in [0.3, 0.4) is 0 Å². The van der Waals surface area contributed by atoms with Gasteiger partial charge in [-0.25, -0.2) is 4.37 Å². The molecule has 2 atom stereocenters. The molecule has 2 rings (SSSR count). The fraction of sp³-hybridized carbons (Fsp3) is 0.727. The third-order valence-electron chi connectivity index (χ3n) is 3.47. The van der Waals surface area contributed by atoms with Gasteiger partial charge in [-0.15, -0.1) is 0 Å². The van der Waals surface area contributed by atoms with E-state index in [1.165, 1.54) is 24.4 Å². The van der Waals surface area contributed by atoms with E-state index in [1.807, 2.05) is 6.07 Å². The molecule has 0 aromatic carbocycles. The normalized spacial score (nSPS) is 27.8. The van der Waals surface area contributed by atoms with Crippen LogP contribution in [0.1, 0.15) is 44.1 Å². The number of nitrogens with zero attached hydrogens (tertiary/aromatic N) is 1. The van der Waals surface area contributed by atoms with Gasteiger partial charge in [0.05, 0.1) is 11.0 Å². The van der Waals surface area contributed by atoms with E-state index in [9.17, 15) is 5.11 Å². The molecule has 0 bridgehead atoms. The maximum atomic E-state index is 10.2. The summed E-state index contributed by atoms with van der Waals surface area (Å²) in [5.74, 6) is 0.406. The number of aliphatic hydroxyl groups is 1. The Kier molecular flexibility index (Phi) is 2.62. The van der Waals surface area contributed by atoms with Gasteiger partial charge in [0.25, 0.3) is 0 Å². The molecule has 1 N–H and O–H groups in total. The molecule has 3 heteroatoms. The van der Waals surface area contributed by atoms with E-state index in [1.54, 1.807) is 6.20 Å². The van der Waals surface area contributed by atoms with E-state index >= 15 is 0 Å². The number of hydrogen-bond donors (Lipinski definition) is 1. The summed E-state index contributed by atoms with van der Waals surface area (Å²) in [5, 5.41) is 10.2. The summed E-state index contributed by atoms with van der Waals surface area (Å²) in [6.45, 7) is 4.52. The lowest BCUT2D eigenvalue weighted by Crippen LogP contribution is -2.23. The second-order valence-electron chi connectivity index (χ2n) is 4.85. The van der Waals surface area contributed by atoms with Gasteiger partial charge in [-0.2, -0.15) is 0 Å². The van der Waals surface area contributed by atoms with E-state index < -0.39 is 0 Å². The Morgan fingerprint density at radius 3 is 2.93 bits per heavy atom. The molecule has 1 fully saturated rings. The molecular formula is C11H17NOS. The Hall–Kier alpha value is -0.410. The van der Waals surface area contributed by atoms with Crippen LogP contribution in [0.5, 0.6) is 0 Å². The molecule has 1 aliphatic carbocycles. The lowest BCUT2D eigenvalue weighted by Gasteiger charge is -2.30. The highest BCUT2D eigenvalue weighted by atomic mass is 32.1. The lowest BCUT2D eigenvalue weighted by atomic mass is 9.78. The van der Waals surface area contributed by atoms with E-state index in [2.05, 4.69) is 18.2 Å². The van der Waals surface area contributed by atoms with Gasteiger partial charge in [-0.05, 0) is 41.8 Å². The Morgan fingerprint density at radius 2 is 2.43 bits per heavy atom. The van der Waals surface area contributed by atoms with Crippen LogP contribution >= 0.6 is 11.5 Å². The fourth-order valence-corrected chi connectivity index (χ4v) is 3.15. The maximum absolute atomic E-state index is 10.2. The second kappa shape index (κ2) is 3.63. The van der Waals surface area contributed by atoms with Crippen molar-refractivity contribution in [3.05, 3.63) is 17.1 Å². The first-order valence-corrected chi connectivity index (χ1v) is 5.97. The predicted octanol–water partition coefficient (Wildman–Crippen LogP) is 3.00. The standard InChI is InChI=1S/C11H17NOS/c1-11(2)6-3-4-8(11)10(13)9-5-7-12-14-9/h5,7-8,10,13H,3-4,6H2,1-2H3. The monoisotopic (exact) mass is 211 g/mol. The van der Waals surface area contributed by atoms with E-state index in [-0.39, 0.29) is 11.5 Å². The van der Waals surface area contributed by atoms with Gasteiger partial charge in [0.1, 0.15) is 0 Å². The zero-order chi connectivity index (χ0) is 10.2. The molecule has 1 aromatic heterocycles. The van der Waals surface area contributed by atoms with Crippen LogP contribution in [0.2, 0.25) is 0 Å². The van der Waals surface area contributed by atoms with Crippen molar-refractivity contribution in [3.63, 3.8) is 0 Å². The fourth-order valence-electron chi connectivity index (χ4n) is 2.52. The van der Waals surface area contributed by atoms with Crippen LogP contribution < -0.4 is 0 Å². The molecule has 1 heterocycles. The van der Waals surface area contributed by atoms with Crippen molar-refractivity contribution in [2.75, 3.05) is 0 Å². The van der Waals surface area contributed by atoms with Gasteiger partial charge in [0.15, 0.2) is 0 Å². The average Bonchev–Trinajstić information content (AvgIpc) is 2.71. The number of aromatic nitrogens is 1. The first kappa shape index (κ1) is 10.1. The molecule has 0 saturated heterocycles. The summed E-state index contributed by atoms with van der Waals surface area (Å²) >= 11 is 1.42. The van der Waals surface area contributed by atoms with Crippen LogP contribution in [0.25, 0.3) is 0 Å². The summed E-state index contributed by atoms with van der Waals surface area (Å²) in [7, 11) is 0. The first-order valence-electron chi connectivity index (χ1n) is 5.20. The van der Waals surface area contributed by atoms with Crippen molar-refractivity contribution in [2.24, 2.45) is 11.3 Å². The highest BCUT2D eigenvalue weighted by molar-refractivity contribution is 7.05. The topological polar surface area (TPSA) is 33.1 Å². The molecule has 0 amide bonds. The highest BCUT2D eigenvalue weighted by Gasteiger charge is 2.39. The minimum Gasteiger partial charge on any atom is -0.387 e. The molecule has 0 radical (unpaired) electrons. The van der Waals surface area contributed by atoms with E-state index in [0.717, 1.165) is 11.3 Å². The van der Waals surface area contributed by atoms with Crippen LogP contribution in [0.4, 0.5) is 0 Å².